The number of aliphatic hydroxyl groups is 1. The van der Waals surface area contributed by atoms with Gasteiger partial charge in [-0.1, -0.05) is 50.5 Å². The van der Waals surface area contributed by atoms with E-state index < -0.39 is 0 Å². The van der Waals surface area contributed by atoms with Crippen LogP contribution in [0.1, 0.15) is 64.7 Å². The molecule has 0 radical (unpaired) electrons. The number of rotatable bonds is 7. The lowest BCUT2D eigenvalue weighted by molar-refractivity contribution is 0.0873. The quantitative estimate of drug-likeness (QED) is 0.505. The molecule has 0 heterocycles. The Morgan fingerprint density at radius 1 is 1.00 bits per heavy atom. The van der Waals surface area contributed by atoms with Crippen LogP contribution in [0.4, 0.5) is 0 Å². The predicted octanol–water partition coefficient (Wildman–Crippen LogP) is 4.62. The fourth-order valence-corrected chi connectivity index (χ4v) is 2.54. The van der Waals surface area contributed by atoms with Gasteiger partial charge in [-0.05, 0) is 44.4 Å². The van der Waals surface area contributed by atoms with Gasteiger partial charge in [0.2, 0.25) is 0 Å². The van der Waals surface area contributed by atoms with Gasteiger partial charge in [0.15, 0.2) is 0 Å². The number of hydrogen-bond acceptors (Lipinski definition) is 1. The minimum Gasteiger partial charge on any atom is -0.393 e. The van der Waals surface area contributed by atoms with Crippen LogP contribution in [0.5, 0.6) is 0 Å². The first-order valence-electron chi connectivity index (χ1n) is 7.32. The van der Waals surface area contributed by atoms with E-state index in [0.29, 0.717) is 5.92 Å². The first-order valence-corrected chi connectivity index (χ1v) is 7.32. The van der Waals surface area contributed by atoms with Crippen LogP contribution in [-0.2, 0) is 0 Å². The molecule has 98 valence electrons. The van der Waals surface area contributed by atoms with Crippen LogP contribution in [0.25, 0.3) is 0 Å². The number of unbranched alkanes of at least 4 members (excludes halogenated alkanes) is 1. The van der Waals surface area contributed by atoms with Gasteiger partial charge in [-0.3, -0.25) is 0 Å². The third kappa shape index (κ3) is 6.68. The SMILES string of the molecule is CC/C=C/CC/C=C/CC(O)C1CCCCC1. The van der Waals surface area contributed by atoms with E-state index >= 15 is 0 Å². The summed E-state index contributed by atoms with van der Waals surface area (Å²) in [6.45, 7) is 2.16. The van der Waals surface area contributed by atoms with Crippen molar-refractivity contribution in [3.05, 3.63) is 24.3 Å². The molecule has 0 bridgehead atoms. The Morgan fingerprint density at radius 3 is 2.29 bits per heavy atom. The Labute approximate surface area is 107 Å². The summed E-state index contributed by atoms with van der Waals surface area (Å²) in [7, 11) is 0. The lowest BCUT2D eigenvalue weighted by Gasteiger charge is -2.25. The zero-order valence-electron chi connectivity index (χ0n) is 11.3. The highest BCUT2D eigenvalue weighted by Crippen LogP contribution is 2.27. The maximum atomic E-state index is 10.0. The van der Waals surface area contributed by atoms with Crippen LogP contribution in [0.3, 0.4) is 0 Å². The third-order valence-electron chi connectivity index (χ3n) is 3.64. The molecular weight excluding hydrogens is 208 g/mol. The van der Waals surface area contributed by atoms with Gasteiger partial charge in [-0.2, -0.15) is 0 Å². The molecule has 1 fully saturated rings. The summed E-state index contributed by atoms with van der Waals surface area (Å²) < 4.78 is 0. The molecule has 1 aliphatic carbocycles. The molecule has 0 spiro atoms. The van der Waals surface area contributed by atoms with Crippen molar-refractivity contribution in [3.63, 3.8) is 0 Å². The van der Waals surface area contributed by atoms with E-state index in [1.54, 1.807) is 0 Å². The highest BCUT2D eigenvalue weighted by atomic mass is 16.3. The minimum absolute atomic E-state index is 0.0993. The number of allylic oxidation sites excluding steroid dienone is 3. The van der Waals surface area contributed by atoms with Crippen LogP contribution in [0, 0.1) is 5.92 Å². The molecule has 0 amide bonds. The molecule has 1 unspecified atom stereocenters. The molecule has 1 saturated carbocycles. The summed E-state index contributed by atoms with van der Waals surface area (Å²) in [4.78, 5) is 0. The van der Waals surface area contributed by atoms with E-state index in [1.807, 2.05) is 0 Å². The van der Waals surface area contributed by atoms with Crippen molar-refractivity contribution < 1.29 is 5.11 Å². The van der Waals surface area contributed by atoms with Crippen LogP contribution >= 0.6 is 0 Å². The van der Waals surface area contributed by atoms with Gasteiger partial charge in [0.05, 0.1) is 6.10 Å². The number of aliphatic hydroxyl groups excluding tert-OH is 1. The molecule has 1 nitrogen and oxygen atoms in total. The molecule has 0 saturated heterocycles. The molecule has 0 aromatic heterocycles. The zero-order chi connectivity index (χ0) is 12.3. The second-order valence-corrected chi connectivity index (χ2v) is 5.13. The molecule has 0 aromatic carbocycles. The van der Waals surface area contributed by atoms with Crippen molar-refractivity contribution in [1.82, 2.24) is 0 Å². The molecule has 1 N–H and O–H groups in total. The Kier molecular flexibility index (Phi) is 8.08. The highest BCUT2D eigenvalue weighted by Gasteiger charge is 2.20. The molecule has 1 heteroatoms. The molecule has 1 rings (SSSR count). The average molecular weight is 236 g/mol. The summed E-state index contributed by atoms with van der Waals surface area (Å²) in [5, 5.41) is 10.0. The van der Waals surface area contributed by atoms with E-state index in [0.717, 1.165) is 25.7 Å². The summed E-state index contributed by atoms with van der Waals surface area (Å²) in [6.07, 6.45) is 19.4. The van der Waals surface area contributed by atoms with Crippen molar-refractivity contribution >= 4 is 0 Å². The summed E-state index contributed by atoms with van der Waals surface area (Å²) in [6, 6.07) is 0. The largest absolute Gasteiger partial charge is 0.393 e. The van der Waals surface area contributed by atoms with Crippen LogP contribution in [0.15, 0.2) is 24.3 Å². The normalized spacial score (nSPS) is 20.4. The third-order valence-corrected chi connectivity index (χ3v) is 3.64. The Balaban J connectivity index is 2.07. The van der Waals surface area contributed by atoms with E-state index in [4.69, 9.17) is 0 Å². The van der Waals surface area contributed by atoms with Crippen molar-refractivity contribution in [2.45, 2.75) is 70.8 Å². The van der Waals surface area contributed by atoms with E-state index in [1.165, 1.54) is 32.1 Å². The van der Waals surface area contributed by atoms with Gasteiger partial charge in [0, 0.05) is 0 Å². The highest BCUT2D eigenvalue weighted by molar-refractivity contribution is 4.90. The standard InChI is InChI=1S/C16H28O/c1-2-3-4-5-6-7-11-14-16(17)15-12-9-8-10-13-15/h3-4,7,11,15-17H,2,5-6,8-10,12-14H2,1H3/b4-3+,11-7+. The average Bonchev–Trinajstić information content (AvgIpc) is 2.38. The Morgan fingerprint density at radius 2 is 1.65 bits per heavy atom. The second kappa shape index (κ2) is 9.47. The fourth-order valence-electron chi connectivity index (χ4n) is 2.54. The molecular formula is C16H28O. The van der Waals surface area contributed by atoms with Crippen molar-refractivity contribution in [1.29, 1.82) is 0 Å². The van der Waals surface area contributed by atoms with Crippen LogP contribution < -0.4 is 0 Å². The molecule has 1 aliphatic rings. The molecule has 1 atom stereocenters. The van der Waals surface area contributed by atoms with Gasteiger partial charge in [-0.25, -0.2) is 0 Å². The fraction of sp³-hybridized carbons (Fsp3) is 0.750. The van der Waals surface area contributed by atoms with Gasteiger partial charge >= 0.3 is 0 Å². The Hall–Kier alpha value is -0.560. The molecule has 0 aliphatic heterocycles. The topological polar surface area (TPSA) is 20.2 Å². The van der Waals surface area contributed by atoms with Gasteiger partial charge < -0.3 is 5.11 Å². The molecule has 0 aromatic rings. The van der Waals surface area contributed by atoms with Crippen molar-refractivity contribution in [2.24, 2.45) is 5.92 Å². The van der Waals surface area contributed by atoms with Crippen molar-refractivity contribution in [3.8, 4) is 0 Å². The van der Waals surface area contributed by atoms with E-state index in [9.17, 15) is 5.11 Å². The van der Waals surface area contributed by atoms with E-state index in [-0.39, 0.29) is 6.10 Å². The minimum atomic E-state index is -0.0993. The predicted molar refractivity (Wildman–Crippen MR) is 75.0 cm³/mol. The second-order valence-electron chi connectivity index (χ2n) is 5.13. The monoisotopic (exact) mass is 236 g/mol. The lowest BCUT2D eigenvalue weighted by atomic mass is 9.84. The molecule has 17 heavy (non-hydrogen) atoms. The number of hydrogen-bond donors (Lipinski definition) is 1. The summed E-state index contributed by atoms with van der Waals surface area (Å²) in [5.41, 5.74) is 0. The van der Waals surface area contributed by atoms with Gasteiger partial charge in [0.1, 0.15) is 0 Å². The zero-order valence-corrected chi connectivity index (χ0v) is 11.3. The summed E-state index contributed by atoms with van der Waals surface area (Å²) >= 11 is 0. The first-order chi connectivity index (χ1) is 8.34. The van der Waals surface area contributed by atoms with Crippen LogP contribution in [-0.4, -0.2) is 11.2 Å². The first kappa shape index (κ1) is 14.5. The van der Waals surface area contributed by atoms with Crippen LogP contribution in [0.2, 0.25) is 0 Å². The smallest absolute Gasteiger partial charge is 0.0602 e. The Bertz CT molecular complexity index is 224. The van der Waals surface area contributed by atoms with Crippen molar-refractivity contribution in [2.75, 3.05) is 0 Å². The van der Waals surface area contributed by atoms with E-state index in [2.05, 4.69) is 31.2 Å². The van der Waals surface area contributed by atoms with Gasteiger partial charge in [-0.15, -0.1) is 0 Å². The maximum absolute atomic E-state index is 10.0. The maximum Gasteiger partial charge on any atom is 0.0602 e. The summed E-state index contributed by atoms with van der Waals surface area (Å²) in [5.74, 6) is 0.563. The van der Waals surface area contributed by atoms with Gasteiger partial charge in [0.25, 0.3) is 0 Å². The lowest BCUT2D eigenvalue weighted by Crippen LogP contribution is -2.22.